The standard InChI is InChI=1S/C11H13N3O5/c15-6-1-2-8(10(4-6)14(18)19)13-11(17)9-3-7(16)5-12-9/h1-2,4,7,9,12,15-16H,3,5H2,(H,13,17). The second-order valence-corrected chi connectivity index (χ2v) is 4.30. The van der Waals surface area contributed by atoms with Crippen molar-refractivity contribution in [3.05, 3.63) is 28.3 Å². The lowest BCUT2D eigenvalue weighted by Crippen LogP contribution is -2.35. The number of nitro groups is 1. The molecule has 0 spiro atoms. The molecule has 2 atom stereocenters. The summed E-state index contributed by atoms with van der Waals surface area (Å²) in [4.78, 5) is 22.0. The summed E-state index contributed by atoms with van der Waals surface area (Å²) in [5.41, 5.74) is -0.372. The number of aromatic hydroxyl groups is 1. The molecule has 2 rings (SSSR count). The zero-order chi connectivity index (χ0) is 14.0. The number of rotatable bonds is 3. The summed E-state index contributed by atoms with van der Waals surface area (Å²) in [6.07, 6.45) is -0.330. The molecular weight excluding hydrogens is 254 g/mol. The Hall–Kier alpha value is -2.19. The molecule has 2 unspecified atom stereocenters. The van der Waals surface area contributed by atoms with Crippen LogP contribution in [0.1, 0.15) is 6.42 Å². The highest BCUT2D eigenvalue weighted by Crippen LogP contribution is 2.28. The molecule has 8 nitrogen and oxygen atoms in total. The van der Waals surface area contributed by atoms with Crippen LogP contribution < -0.4 is 10.6 Å². The first kappa shape index (κ1) is 13.2. The summed E-state index contributed by atoms with van der Waals surface area (Å²) in [5, 5.41) is 34.6. The van der Waals surface area contributed by atoms with Crippen LogP contribution in [0.15, 0.2) is 18.2 Å². The first-order chi connectivity index (χ1) is 8.97. The Bertz CT molecular complexity index is 519. The molecule has 4 N–H and O–H groups in total. The monoisotopic (exact) mass is 267 g/mol. The number of aliphatic hydroxyl groups is 1. The first-order valence-corrected chi connectivity index (χ1v) is 5.67. The number of β-amino-alcohol motifs (C(OH)–C–C–N with tert-alkyl or cyclic N) is 1. The van der Waals surface area contributed by atoms with Crippen LogP contribution in [0.2, 0.25) is 0 Å². The smallest absolute Gasteiger partial charge is 0.296 e. The molecule has 8 heteroatoms. The Morgan fingerprint density at radius 1 is 1.53 bits per heavy atom. The number of nitrogens with zero attached hydrogens (tertiary/aromatic N) is 1. The van der Waals surface area contributed by atoms with Gasteiger partial charge in [-0.3, -0.25) is 14.9 Å². The normalized spacial score (nSPS) is 22.2. The SMILES string of the molecule is O=C(Nc1ccc(O)cc1[N+](=O)[O-])C1CC(O)CN1. The molecule has 1 saturated heterocycles. The third kappa shape index (κ3) is 2.98. The lowest BCUT2D eigenvalue weighted by atomic mass is 10.2. The molecule has 1 aliphatic rings. The molecule has 1 aliphatic heterocycles. The van der Waals surface area contributed by atoms with Crippen LogP contribution in [-0.4, -0.2) is 39.7 Å². The molecule has 1 aromatic carbocycles. The van der Waals surface area contributed by atoms with Gasteiger partial charge in [-0.1, -0.05) is 0 Å². The largest absolute Gasteiger partial charge is 0.508 e. The summed E-state index contributed by atoms with van der Waals surface area (Å²) < 4.78 is 0. The van der Waals surface area contributed by atoms with Gasteiger partial charge in [-0.05, 0) is 18.6 Å². The number of benzene rings is 1. The maximum atomic E-state index is 11.9. The Kier molecular flexibility index (Phi) is 3.63. The van der Waals surface area contributed by atoms with Crippen LogP contribution in [0, 0.1) is 10.1 Å². The maximum Gasteiger partial charge on any atom is 0.296 e. The number of phenols is 1. The van der Waals surface area contributed by atoms with E-state index in [9.17, 15) is 25.1 Å². The van der Waals surface area contributed by atoms with Crippen molar-refractivity contribution < 1.29 is 19.9 Å². The third-order valence-corrected chi connectivity index (χ3v) is 2.86. The van der Waals surface area contributed by atoms with Gasteiger partial charge in [-0.2, -0.15) is 0 Å². The molecule has 0 radical (unpaired) electrons. The van der Waals surface area contributed by atoms with Crippen LogP contribution in [0.5, 0.6) is 5.75 Å². The van der Waals surface area contributed by atoms with E-state index in [1.165, 1.54) is 12.1 Å². The van der Waals surface area contributed by atoms with Crippen LogP contribution >= 0.6 is 0 Å². The number of carbonyl (C=O) groups excluding carboxylic acids is 1. The zero-order valence-corrected chi connectivity index (χ0v) is 9.87. The molecular formula is C11H13N3O5. The second-order valence-electron chi connectivity index (χ2n) is 4.30. The first-order valence-electron chi connectivity index (χ1n) is 5.67. The van der Waals surface area contributed by atoms with E-state index in [0.29, 0.717) is 6.54 Å². The van der Waals surface area contributed by atoms with Crippen molar-refractivity contribution in [3.63, 3.8) is 0 Å². The summed E-state index contributed by atoms with van der Waals surface area (Å²) in [6.45, 7) is 0.315. The minimum atomic E-state index is -0.688. The quantitative estimate of drug-likeness (QED) is 0.346. The lowest BCUT2D eigenvalue weighted by molar-refractivity contribution is -0.384. The van der Waals surface area contributed by atoms with Crippen molar-refractivity contribution in [2.45, 2.75) is 18.6 Å². The fourth-order valence-electron chi connectivity index (χ4n) is 1.91. The third-order valence-electron chi connectivity index (χ3n) is 2.86. The van der Waals surface area contributed by atoms with Gasteiger partial charge in [0.15, 0.2) is 0 Å². The minimum Gasteiger partial charge on any atom is -0.508 e. The van der Waals surface area contributed by atoms with Crippen molar-refractivity contribution in [1.82, 2.24) is 5.32 Å². The van der Waals surface area contributed by atoms with Gasteiger partial charge in [0.05, 0.1) is 23.1 Å². The zero-order valence-electron chi connectivity index (χ0n) is 9.87. The average molecular weight is 267 g/mol. The molecule has 1 heterocycles. The molecule has 1 fully saturated rings. The molecule has 102 valence electrons. The van der Waals surface area contributed by atoms with E-state index in [2.05, 4.69) is 10.6 Å². The number of phenolic OH excluding ortho intramolecular Hbond substituents is 1. The number of amides is 1. The van der Waals surface area contributed by atoms with Crippen LogP contribution in [0.4, 0.5) is 11.4 Å². The molecule has 1 amide bonds. The predicted octanol–water partition coefficient (Wildman–Crippen LogP) is -0.0383. The van der Waals surface area contributed by atoms with Gasteiger partial charge >= 0.3 is 0 Å². The number of hydrogen-bond donors (Lipinski definition) is 4. The molecule has 0 bridgehead atoms. The maximum absolute atomic E-state index is 11.9. The van der Waals surface area contributed by atoms with Gasteiger partial charge < -0.3 is 20.8 Å². The summed E-state index contributed by atoms with van der Waals surface area (Å²) in [7, 11) is 0. The summed E-state index contributed by atoms with van der Waals surface area (Å²) >= 11 is 0. The van der Waals surface area contributed by atoms with Crippen molar-refractivity contribution in [1.29, 1.82) is 0 Å². The van der Waals surface area contributed by atoms with E-state index >= 15 is 0 Å². The van der Waals surface area contributed by atoms with E-state index in [0.717, 1.165) is 6.07 Å². The lowest BCUT2D eigenvalue weighted by Gasteiger charge is -2.11. The van der Waals surface area contributed by atoms with E-state index in [1.807, 2.05) is 0 Å². The highest BCUT2D eigenvalue weighted by atomic mass is 16.6. The minimum absolute atomic E-state index is 0.0102. The van der Waals surface area contributed by atoms with Gasteiger partial charge in [-0.15, -0.1) is 0 Å². The van der Waals surface area contributed by atoms with E-state index < -0.39 is 23.0 Å². The molecule has 0 saturated carbocycles. The Morgan fingerprint density at radius 2 is 2.26 bits per heavy atom. The number of aliphatic hydroxyl groups excluding tert-OH is 1. The number of anilines is 1. The molecule has 0 aliphatic carbocycles. The Labute approximate surface area is 108 Å². The van der Waals surface area contributed by atoms with Gasteiger partial charge in [0, 0.05) is 6.54 Å². The average Bonchev–Trinajstić information content (AvgIpc) is 2.78. The number of nitro benzene ring substituents is 1. The van der Waals surface area contributed by atoms with Crippen LogP contribution in [-0.2, 0) is 4.79 Å². The van der Waals surface area contributed by atoms with Gasteiger partial charge in [0.2, 0.25) is 5.91 Å². The van der Waals surface area contributed by atoms with Gasteiger partial charge in [0.1, 0.15) is 11.4 Å². The topological polar surface area (TPSA) is 125 Å². The number of carbonyl (C=O) groups is 1. The van der Waals surface area contributed by atoms with Crippen molar-refractivity contribution in [2.24, 2.45) is 0 Å². The van der Waals surface area contributed by atoms with Crippen LogP contribution in [0.25, 0.3) is 0 Å². The van der Waals surface area contributed by atoms with Crippen molar-refractivity contribution >= 4 is 17.3 Å². The molecule has 19 heavy (non-hydrogen) atoms. The van der Waals surface area contributed by atoms with Gasteiger partial charge in [0.25, 0.3) is 5.69 Å². The fourth-order valence-corrected chi connectivity index (χ4v) is 1.91. The van der Waals surface area contributed by atoms with Crippen LogP contribution in [0.3, 0.4) is 0 Å². The van der Waals surface area contributed by atoms with Crippen molar-refractivity contribution in [2.75, 3.05) is 11.9 Å². The molecule has 1 aromatic rings. The Morgan fingerprint density at radius 3 is 2.84 bits per heavy atom. The fraction of sp³-hybridized carbons (Fsp3) is 0.364. The number of nitrogens with one attached hydrogen (secondary N) is 2. The van der Waals surface area contributed by atoms with E-state index in [4.69, 9.17) is 0 Å². The van der Waals surface area contributed by atoms with E-state index in [-0.39, 0.29) is 23.5 Å². The highest BCUT2D eigenvalue weighted by molar-refractivity contribution is 5.97. The van der Waals surface area contributed by atoms with Crippen molar-refractivity contribution in [3.8, 4) is 5.75 Å². The number of hydrogen-bond acceptors (Lipinski definition) is 6. The second kappa shape index (κ2) is 5.21. The molecule has 0 aromatic heterocycles. The Balaban J connectivity index is 2.14. The summed E-state index contributed by atoms with van der Waals surface area (Å²) in [5.74, 6) is -0.704. The predicted molar refractivity (Wildman–Crippen MR) is 65.8 cm³/mol. The highest BCUT2D eigenvalue weighted by Gasteiger charge is 2.29. The van der Waals surface area contributed by atoms with Gasteiger partial charge in [-0.25, -0.2) is 0 Å². The van der Waals surface area contributed by atoms with E-state index in [1.54, 1.807) is 0 Å². The summed E-state index contributed by atoms with van der Waals surface area (Å²) in [6, 6.07) is 2.89.